The Balaban J connectivity index is 3.07. The average molecular weight is 202 g/mol. The minimum Gasteiger partial charge on any atom is -0.392 e. The van der Waals surface area contributed by atoms with Crippen LogP contribution in [0.4, 0.5) is 0 Å². The Kier molecular flexibility index (Phi) is 10.2. The summed E-state index contributed by atoms with van der Waals surface area (Å²) in [5.41, 5.74) is 0. The first-order valence-corrected chi connectivity index (χ1v) is 6.33. The van der Waals surface area contributed by atoms with Crippen LogP contribution in [0.2, 0.25) is 0 Å². The minimum atomic E-state index is -0.0892. The monoisotopic (exact) mass is 202 g/mol. The van der Waals surface area contributed by atoms with E-state index in [4.69, 9.17) is 0 Å². The lowest BCUT2D eigenvalue weighted by atomic mass is 10.1. The highest BCUT2D eigenvalue weighted by Gasteiger charge is 2.02. The highest BCUT2D eigenvalue weighted by molar-refractivity contribution is 7.99. The average Bonchev–Trinajstić information content (AvgIpc) is 2.14. The third-order valence-corrected chi connectivity index (χ3v) is 2.99. The van der Waals surface area contributed by atoms with Gasteiger partial charge in [-0.2, -0.15) is 11.8 Å². The maximum atomic E-state index is 9.50. The Hall–Kier alpha value is 0.0500. The molecule has 0 spiro atoms. The van der Waals surface area contributed by atoms with Crippen LogP contribution in [0.25, 0.3) is 0 Å². The Morgan fingerprint density at radius 1 is 1.38 bits per heavy atom. The number of allylic oxidation sites excluding steroid dienone is 1. The molecule has 2 heteroatoms. The summed E-state index contributed by atoms with van der Waals surface area (Å²) < 4.78 is 0. The second-order valence-corrected chi connectivity index (χ2v) is 4.56. The second kappa shape index (κ2) is 10.1. The van der Waals surface area contributed by atoms with Crippen LogP contribution in [0, 0.1) is 0 Å². The molecule has 0 aromatic rings. The first-order chi connectivity index (χ1) is 6.31. The smallest absolute Gasteiger partial charge is 0.0630 e. The molecule has 0 aliphatic rings. The van der Waals surface area contributed by atoms with Crippen LogP contribution in [0.5, 0.6) is 0 Å². The Morgan fingerprint density at radius 3 is 2.77 bits per heavy atom. The minimum absolute atomic E-state index is 0.0892. The molecule has 0 saturated carbocycles. The van der Waals surface area contributed by atoms with Crippen LogP contribution in [0.1, 0.15) is 39.0 Å². The van der Waals surface area contributed by atoms with Gasteiger partial charge in [-0.05, 0) is 25.0 Å². The summed E-state index contributed by atoms with van der Waals surface area (Å²) in [5.74, 6) is 2.01. The molecule has 0 aliphatic carbocycles. The van der Waals surface area contributed by atoms with Crippen LogP contribution in [0.15, 0.2) is 12.7 Å². The largest absolute Gasteiger partial charge is 0.392 e. The predicted molar refractivity (Wildman–Crippen MR) is 62.3 cm³/mol. The topological polar surface area (TPSA) is 20.2 Å². The molecule has 0 fully saturated rings. The molecule has 1 N–H and O–H groups in total. The van der Waals surface area contributed by atoms with Gasteiger partial charge in [-0.15, -0.1) is 6.58 Å². The summed E-state index contributed by atoms with van der Waals surface area (Å²) >= 11 is 1.82. The van der Waals surface area contributed by atoms with E-state index in [9.17, 15) is 5.11 Å². The second-order valence-electron chi connectivity index (χ2n) is 3.24. The molecule has 0 heterocycles. The zero-order chi connectivity index (χ0) is 9.94. The van der Waals surface area contributed by atoms with E-state index in [0.717, 1.165) is 30.8 Å². The molecular weight excluding hydrogens is 180 g/mol. The van der Waals surface area contributed by atoms with E-state index in [-0.39, 0.29) is 6.10 Å². The number of thioether (sulfide) groups is 1. The van der Waals surface area contributed by atoms with Crippen LogP contribution in [-0.4, -0.2) is 22.7 Å². The third-order valence-electron chi connectivity index (χ3n) is 1.96. The van der Waals surface area contributed by atoms with E-state index in [1.165, 1.54) is 12.8 Å². The van der Waals surface area contributed by atoms with Crippen LogP contribution in [0.3, 0.4) is 0 Å². The van der Waals surface area contributed by atoms with Gasteiger partial charge in [-0.1, -0.05) is 25.8 Å². The summed E-state index contributed by atoms with van der Waals surface area (Å²) in [4.78, 5) is 0. The molecule has 0 amide bonds. The van der Waals surface area contributed by atoms with Crippen molar-refractivity contribution in [2.45, 2.75) is 45.1 Å². The molecule has 0 aromatic carbocycles. The van der Waals surface area contributed by atoms with E-state index < -0.39 is 0 Å². The van der Waals surface area contributed by atoms with Crippen molar-refractivity contribution >= 4 is 11.8 Å². The van der Waals surface area contributed by atoms with Gasteiger partial charge in [-0.25, -0.2) is 0 Å². The third kappa shape index (κ3) is 9.97. The van der Waals surface area contributed by atoms with Crippen LogP contribution < -0.4 is 0 Å². The number of hydrogen-bond donors (Lipinski definition) is 1. The molecule has 0 saturated heterocycles. The van der Waals surface area contributed by atoms with E-state index in [1.54, 1.807) is 0 Å². The number of aliphatic hydroxyl groups is 1. The molecule has 0 radical (unpaired) electrons. The molecule has 0 aliphatic heterocycles. The fourth-order valence-electron chi connectivity index (χ4n) is 1.18. The molecule has 0 rings (SSSR count). The molecule has 1 atom stereocenters. The Labute approximate surface area is 86.6 Å². The van der Waals surface area contributed by atoms with Gasteiger partial charge in [-0.3, -0.25) is 0 Å². The molecule has 1 unspecified atom stereocenters. The summed E-state index contributed by atoms with van der Waals surface area (Å²) in [6, 6.07) is 0. The van der Waals surface area contributed by atoms with Crippen LogP contribution in [-0.2, 0) is 0 Å². The Bertz CT molecular complexity index is 115. The predicted octanol–water partition coefficient (Wildman–Crippen LogP) is 3.24. The fraction of sp³-hybridized carbons (Fsp3) is 0.818. The number of hydrogen-bond acceptors (Lipinski definition) is 2. The maximum absolute atomic E-state index is 9.50. The van der Waals surface area contributed by atoms with Gasteiger partial charge in [0, 0.05) is 5.75 Å². The standard InChI is InChI=1S/C11H22OS/c1-3-5-6-7-8-9-11(12)10-13-4-2/h3,11-12H,1,4-10H2,2H3. The lowest BCUT2D eigenvalue weighted by Crippen LogP contribution is -2.09. The zero-order valence-corrected chi connectivity index (χ0v) is 9.48. The van der Waals surface area contributed by atoms with Gasteiger partial charge >= 0.3 is 0 Å². The van der Waals surface area contributed by atoms with Crippen molar-refractivity contribution in [2.75, 3.05) is 11.5 Å². The van der Waals surface area contributed by atoms with Crippen molar-refractivity contribution < 1.29 is 5.11 Å². The zero-order valence-electron chi connectivity index (χ0n) is 8.67. The van der Waals surface area contributed by atoms with Crippen molar-refractivity contribution in [3.05, 3.63) is 12.7 Å². The van der Waals surface area contributed by atoms with Crippen molar-refractivity contribution in [1.82, 2.24) is 0 Å². The number of unbranched alkanes of at least 4 members (excludes halogenated alkanes) is 3. The van der Waals surface area contributed by atoms with Gasteiger partial charge in [0.2, 0.25) is 0 Å². The van der Waals surface area contributed by atoms with E-state index in [2.05, 4.69) is 13.5 Å². The Morgan fingerprint density at radius 2 is 2.15 bits per heavy atom. The van der Waals surface area contributed by atoms with E-state index >= 15 is 0 Å². The molecule has 13 heavy (non-hydrogen) atoms. The molecule has 0 bridgehead atoms. The van der Waals surface area contributed by atoms with Crippen molar-refractivity contribution in [3.63, 3.8) is 0 Å². The lowest BCUT2D eigenvalue weighted by Gasteiger charge is -2.08. The highest BCUT2D eigenvalue weighted by atomic mass is 32.2. The normalized spacial score (nSPS) is 12.8. The van der Waals surface area contributed by atoms with Gasteiger partial charge < -0.3 is 5.11 Å². The fourth-order valence-corrected chi connectivity index (χ4v) is 1.86. The summed E-state index contributed by atoms with van der Waals surface area (Å²) in [6.07, 6.45) is 7.54. The van der Waals surface area contributed by atoms with Crippen molar-refractivity contribution in [2.24, 2.45) is 0 Å². The van der Waals surface area contributed by atoms with Gasteiger partial charge in [0.05, 0.1) is 6.10 Å². The maximum Gasteiger partial charge on any atom is 0.0630 e. The SMILES string of the molecule is C=CCCCCCC(O)CSCC. The first kappa shape index (κ1) is 13.1. The van der Waals surface area contributed by atoms with Gasteiger partial charge in [0.1, 0.15) is 0 Å². The molecular formula is C11H22OS. The van der Waals surface area contributed by atoms with Crippen LogP contribution >= 0.6 is 11.8 Å². The number of aliphatic hydroxyl groups excluding tert-OH is 1. The molecule has 1 nitrogen and oxygen atoms in total. The number of rotatable bonds is 9. The summed E-state index contributed by atoms with van der Waals surface area (Å²) in [6.45, 7) is 5.81. The first-order valence-electron chi connectivity index (χ1n) is 5.18. The quantitative estimate of drug-likeness (QED) is 0.457. The highest BCUT2D eigenvalue weighted by Crippen LogP contribution is 2.10. The van der Waals surface area contributed by atoms with Gasteiger partial charge in [0.15, 0.2) is 0 Å². The molecule has 78 valence electrons. The van der Waals surface area contributed by atoms with Crippen molar-refractivity contribution in [1.29, 1.82) is 0 Å². The van der Waals surface area contributed by atoms with E-state index in [1.807, 2.05) is 17.8 Å². The summed E-state index contributed by atoms with van der Waals surface area (Å²) in [5, 5.41) is 9.50. The lowest BCUT2D eigenvalue weighted by molar-refractivity contribution is 0.185. The van der Waals surface area contributed by atoms with Crippen molar-refractivity contribution in [3.8, 4) is 0 Å². The van der Waals surface area contributed by atoms with E-state index in [0.29, 0.717) is 0 Å². The molecule has 0 aromatic heterocycles. The van der Waals surface area contributed by atoms with Gasteiger partial charge in [0.25, 0.3) is 0 Å². The summed E-state index contributed by atoms with van der Waals surface area (Å²) in [7, 11) is 0.